The standard InChI is InChI=1S/C17H19F2NO/c1-3-13-9-6-7-12(2)16(13)20-11-14-8-4-5-10-15(14)21-17(18)19/h4-10,17,20H,3,11H2,1-2H3. The van der Waals surface area contributed by atoms with Crippen molar-refractivity contribution in [3.8, 4) is 5.75 Å². The summed E-state index contributed by atoms with van der Waals surface area (Å²) in [6.45, 7) is 1.76. The summed E-state index contributed by atoms with van der Waals surface area (Å²) in [5, 5.41) is 3.34. The molecule has 0 spiro atoms. The Morgan fingerprint density at radius 2 is 1.76 bits per heavy atom. The maximum atomic E-state index is 12.4. The molecule has 0 bridgehead atoms. The Bertz CT molecular complexity index is 599. The molecule has 2 aromatic rings. The van der Waals surface area contributed by atoms with Crippen LogP contribution in [0.2, 0.25) is 0 Å². The maximum absolute atomic E-state index is 12.4. The molecule has 0 aromatic heterocycles. The Hall–Kier alpha value is -2.10. The van der Waals surface area contributed by atoms with Crippen LogP contribution in [0.15, 0.2) is 42.5 Å². The SMILES string of the molecule is CCc1cccc(C)c1NCc1ccccc1OC(F)F. The van der Waals surface area contributed by atoms with Gasteiger partial charge in [0.15, 0.2) is 0 Å². The zero-order chi connectivity index (χ0) is 15.2. The van der Waals surface area contributed by atoms with Gasteiger partial charge in [0.05, 0.1) is 0 Å². The van der Waals surface area contributed by atoms with Gasteiger partial charge in [-0.2, -0.15) is 8.78 Å². The second-order valence-corrected chi connectivity index (χ2v) is 4.80. The monoisotopic (exact) mass is 291 g/mol. The van der Waals surface area contributed by atoms with Crippen LogP contribution >= 0.6 is 0 Å². The lowest BCUT2D eigenvalue weighted by molar-refractivity contribution is -0.0504. The molecule has 2 aromatic carbocycles. The fourth-order valence-corrected chi connectivity index (χ4v) is 2.32. The zero-order valence-electron chi connectivity index (χ0n) is 12.2. The van der Waals surface area contributed by atoms with Crippen molar-refractivity contribution in [3.05, 3.63) is 59.2 Å². The summed E-state index contributed by atoms with van der Waals surface area (Å²) in [6.07, 6.45) is 0.916. The van der Waals surface area contributed by atoms with Crippen LogP contribution in [0.3, 0.4) is 0 Å². The average molecular weight is 291 g/mol. The summed E-state index contributed by atoms with van der Waals surface area (Å²) in [7, 11) is 0. The molecule has 0 aliphatic rings. The Morgan fingerprint density at radius 3 is 2.48 bits per heavy atom. The van der Waals surface area contributed by atoms with E-state index >= 15 is 0 Å². The predicted octanol–water partition coefficient (Wildman–Crippen LogP) is 4.77. The van der Waals surface area contributed by atoms with Gasteiger partial charge in [-0.3, -0.25) is 0 Å². The molecule has 4 heteroatoms. The zero-order valence-corrected chi connectivity index (χ0v) is 12.2. The first-order chi connectivity index (χ1) is 10.1. The van der Waals surface area contributed by atoms with Gasteiger partial charge in [-0.25, -0.2) is 0 Å². The van der Waals surface area contributed by atoms with Crippen LogP contribution in [-0.2, 0) is 13.0 Å². The minimum Gasteiger partial charge on any atom is -0.434 e. The normalized spacial score (nSPS) is 10.7. The molecule has 0 aliphatic carbocycles. The Morgan fingerprint density at radius 1 is 1.05 bits per heavy atom. The average Bonchev–Trinajstić information content (AvgIpc) is 2.46. The van der Waals surface area contributed by atoms with Gasteiger partial charge in [-0.15, -0.1) is 0 Å². The van der Waals surface area contributed by atoms with E-state index in [1.54, 1.807) is 18.2 Å². The molecule has 0 radical (unpaired) electrons. The van der Waals surface area contributed by atoms with Gasteiger partial charge < -0.3 is 10.1 Å². The van der Waals surface area contributed by atoms with Crippen molar-refractivity contribution in [3.63, 3.8) is 0 Å². The van der Waals surface area contributed by atoms with E-state index in [1.165, 1.54) is 5.56 Å². The third-order valence-electron chi connectivity index (χ3n) is 3.38. The van der Waals surface area contributed by atoms with E-state index in [-0.39, 0.29) is 5.75 Å². The molecule has 1 N–H and O–H groups in total. The third-order valence-corrected chi connectivity index (χ3v) is 3.38. The number of ether oxygens (including phenoxy) is 1. The van der Waals surface area contributed by atoms with Crippen molar-refractivity contribution in [2.24, 2.45) is 0 Å². The lowest BCUT2D eigenvalue weighted by Gasteiger charge is -2.16. The first-order valence-corrected chi connectivity index (χ1v) is 6.97. The van der Waals surface area contributed by atoms with Gasteiger partial charge in [0.2, 0.25) is 0 Å². The fraction of sp³-hybridized carbons (Fsp3) is 0.294. The van der Waals surface area contributed by atoms with E-state index < -0.39 is 6.61 Å². The van der Waals surface area contributed by atoms with Gasteiger partial charge >= 0.3 is 6.61 Å². The van der Waals surface area contributed by atoms with Gasteiger partial charge in [-0.05, 0) is 30.5 Å². The van der Waals surface area contributed by atoms with Crippen molar-refractivity contribution >= 4 is 5.69 Å². The molecule has 0 unspecified atom stereocenters. The van der Waals surface area contributed by atoms with Crippen LogP contribution in [0.5, 0.6) is 5.75 Å². The lowest BCUT2D eigenvalue weighted by atomic mass is 10.1. The highest BCUT2D eigenvalue weighted by atomic mass is 19.3. The molecule has 112 valence electrons. The number of aryl methyl sites for hydroxylation is 2. The third kappa shape index (κ3) is 3.94. The quantitative estimate of drug-likeness (QED) is 0.827. The van der Waals surface area contributed by atoms with Crippen LogP contribution in [-0.4, -0.2) is 6.61 Å². The first kappa shape index (κ1) is 15.3. The molecule has 0 amide bonds. The largest absolute Gasteiger partial charge is 0.434 e. The van der Waals surface area contributed by atoms with Crippen molar-refractivity contribution < 1.29 is 13.5 Å². The molecular formula is C17H19F2NO. The summed E-state index contributed by atoms with van der Waals surface area (Å²) in [5.41, 5.74) is 4.12. The van der Waals surface area contributed by atoms with Gasteiger partial charge in [-0.1, -0.05) is 43.3 Å². The van der Waals surface area contributed by atoms with E-state index in [2.05, 4.69) is 23.0 Å². The van der Waals surface area contributed by atoms with E-state index in [9.17, 15) is 8.78 Å². The Labute approximate surface area is 123 Å². The van der Waals surface area contributed by atoms with Gasteiger partial charge in [0.25, 0.3) is 0 Å². The summed E-state index contributed by atoms with van der Waals surface area (Å²) >= 11 is 0. The maximum Gasteiger partial charge on any atom is 0.387 e. The molecule has 0 heterocycles. The molecule has 0 saturated carbocycles. The highest BCUT2D eigenvalue weighted by Gasteiger charge is 2.10. The van der Waals surface area contributed by atoms with Crippen LogP contribution in [0.25, 0.3) is 0 Å². The Kier molecular flexibility index (Phi) is 5.14. The highest BCUT2D eigenvalue weighted by molar-refractivity contribution is 5.57. The first-order valence-electron chi connectivity index (χ1n) is 6.97. The molecule has 0 fully saturated rings. The van der Waals surface area contributed by atoms with Crippen LogP contribution < -0.4 is 10.1 Å². The number of hydrogen-bond acceptors (Lipinski definition) is 2. The number of anilines is 1. The van der Waals surface area contributed by atoms with E-state index in [1.807, 2.05) is 25.1 Å². The topological polar surface area (TPSA) is 21.3 Å². The second-order valence-electron chi connectivity index (χ2n) is 4.80. The molecule has 21 heavy (non-hydrogen) atoms. The molecular weight excluding hydrogens is 272 g/mol. The number of nitrogens with one attached hydrogen (secondary N) is 1. The van der Waals surface area contributed by atoms with Crippen molar-refractivity contribution in [2.75, 3.05) is 5.32 Å². The number of hydrogen-bond donors (Lipinski definition) is 1. The molecule has 0 saturated heterocycles. The highest BCUT2D eigenvalue weighted by Crippen LogP contribution is 2.25. The smallest absolute Gasteiger partial charge is 0.387 e. The molecule has 0 aliphatic heterocycles. The number of para-hydroxylation sites is 2. The van der Waals surface area contributed by atoms with Crippen LogP contribution in [0.4, 0.5) is 14.5 Å². The van der Waals surface area contributed by atoms with E-state index in [0.29, 0.717) is 12.1 Å². The Balaban J connectivity index is 2.17. The van der Waals surface area contributed by atoms with Gasteiger partial charge in [0, 0.05) is 17.8 Å². The fourth-order valence-electron chi connectivity index (χ4n) is 2.32. The van der Waals surface area contributed by atoms with Crippen molar-refractivity contribution in [1.82, 2.24) is 0 Å². The summed E-state index contributed by atoms with van der Waals surface area (Å²) in [6, 6.07) is 13.0. The molecule has 2 rings (SSSR count). The van der Waals surface area contributed by atoms with Crippen LogP contribution in [0.1, 0.15) is 23.6 Å². The summed E-state index contributed by atoms with van der Waals surface area (Å²) in [5.74, 6) is 0.214. The second kappa shape index (κ2) is 7.07. The summed E-state index contributed by atoms with van der Waals surface area (Å²) < 4.78 is 29.4. The number of alkyl halides is 2. The summed E-state index contributed by atoms with van der Waals surface area (Å²) in [4.78, 5) is 0. The minimum absolute atomic E-state index is 0.214. The molecule has 2 nitrogen and oxygen atoms in total. The van der Waals surface area contributed by atoms with Crippen LogP contribution in [0, 0.1) is 6.92 Å². The van der Waals surface area contributed by atoms with Gasteiger partial charge in [0.1, 0.15) is 5.75 Å². The predicted molar refractivity (Wildman–Crippen MR) is 81.0 cm³/mol. The molecule has 0 atom stereocenters. The van der Waals surface area contributed by atoms with Crippen molar-refractivity contribution in [1.29, 1.82) is 0 Å². The van der Waals surface area contributed by atoms with E-state index in [0.717, 1.165) is 17.7 Å². The lowest BCUT2D eigenvalue weighted by Crippen LogP contribution is -2.08. The number of benzene rings is 2. The minimum atomic E-state index is -2.81. The number of halogens is 2. The number of rotatable bonds is 6. The van der Waals surface area contributed by atoms with Crippen molar-refractivity contribution in [2.45, 2.75) is 33.4 Å². The van der Waals surface area contributed by atoms with E-state index in [4.69, 9.17) is 0 Å².